The van der Waals surface area contributed by atoms with Crippen LogP contribution in [0.1, 0.15) is 16.5 Å². The summed E-state index contributed by atoms with van der Waals surface area (Å²) in [6.45, 7) is 0. The quantitative estimate of drug-likeness (QED) is 0.686. The maximum atomic E-state index is 12.7. The van der Waals surface area contributed by atoms with Crippen LogP contribution in [0.2, 0.25) is 0 Å². The SMILES string of the molecule is COC(=O)C1(C(=O)OC)c2ccccc2N(O)C1c1cccs1. The molecule has 0 radical (unpaired) electrons. The predicted octanol–water partition coefficient (Wildman–Crippen LogP) is 2.28. The van der Waals surface area contributed by atoms with E-state index in [-0.39, 0.29) is 0 Å². The number of ether oxygens (including phenoxy) is 2. The van der Waals surface area contributed by atoms with Crippen molar-refractivity contribution in [3.63, 3.8) is 0 Å². The van der Waals surface area contributed by atoms with E-state index < -0.39 is 23.4 Å². The molecule has 1 N–H and O–H groups in total. The molecule has 0 saturated carbocycles. The molecule has 0 amide bonds. The molecular formula is C16H15NO5S. The number of methoxy groups -OCH3 is 2. The number of hydroxylamine groups is 1. The number of hydrogen-bond acceptors (Lipinski definition) is 7. The van der Waals surface area contributed by atoms with E-state index in [0.29, 0.717) is 16.1 Å². The number of nitrogens with zero attached hydrogens (tertiary/aromatic N) is 1. The molecule has 1 atom stereocenters. The van der Waals surface area contributed by atoms with Gasteiger partial charge in [0.05, 0.1) is 19.9 Å². The van der Waals surface area contributed by atoms with Crippen LogP contribution >= 0.6 is 11.3 Å². The summed E-state index contributed by atoms with van der Waals surface area (Å²) in [5.41, 5.74) is -1.04. The molecule has 1 unspecified atom stereocenters. The number of para-hydroxylation sites is 1. The Hall–Kier alpha value is -2.38. The molecule has 2 heterocycles. The fourth-order valence-electron chi connectivity index (χ4n) is 3.11. The Kier molecular flexibility index (Phi) is 3.83. The molecule has 1 aromatic heterocycles. The number of rotatable bonds is 3. The molecule has 3 rings (SSSR count). The van der Waals surface area contributed by atoms with Crippen molar-refractivity contribution in [2.24, 2.45) is 0 Å². The number of anilines is 1. The Morgan fingerprint density at radius 1 is 1.13 bits per heavy atom. The number of fused-ring (bicyclic) bond motifs is 1. The molecule has 0 fully saturated rings. The van der Waals surface area contributed by atoms with E-state index >= 15 is 0 Å². The Balaban J connectivity index is 2.34. The zero-order valence-corrected chi connectivity index (χ0v) is 13.4. The minimum Gasteiger partial charge on any atom is -0.468 e. The molecule has 120 valence electrons. The fraction of sp³-hybridized carbons (Fsp3) is 0.250. The molecular weight excluding hydrogens is 318 g/mol. The summed E-state index contributed by atoms with van der Waals surface area (Å²) in [6.07, 6.45) is 0. The van der Waals surface area contributed by atoms with E-state index in [1.807, 2.05) is 5.38 Å². The topological polar surface area (TPSA) is 76.1 Å². The predicted molar refractivity (Wildman–Crippen MR) is 83.5 cm³/mol. The van der Waals surface area contributed by atoms with Crippen molar-refractivity contribution in [3.8, 4) is 0 Å². The molecule has 1 aromatic carbocycles. The lowest BCUT2D eigenvalue weighted by molar-refractivity contribution is -0.163. The summed E-state index contributed by atoms with van der Waals surface area (Å²) in [6, 6.07) is 9.28. The molecule has 1 aliphatic rings. The number of carbonyl (C=O) groups excluding carboxylic acids is 2. The van der Waals surface area contributed by atoms with Gasteiger partial charge in [0, 0.05) is 10.4 Å². The van der Waals surface area contributed by atoms with Gasteiger partial charge in [-0.3, -0.25) is 14.8 Å². The van der Waals surface area contributed by atoms with Gasteiger partial charge in [0.15, 0.2) is 0 Å². The molecule has 0 aliphatic carbocycles. The average Bonchev–Trinajstić information content (AvgIpc) is 3.19. The van der Waals surface area contributed by atoms with Gasteiger partial charge in [0.1, 0.15) is 6.04 Å². The first-order valence-electron chi connectivity index (χ1n) is 6.86. The third-order valence-corrected chi connectivity index (χ3v) is 4.98. The van der Waals surface area contributed by atoms with E-state index in [1.165, 1.54) is 25.6 Å². The molecule has 1 aliphatic heterocycles. The lowest BCUT2D eigenvalue weighted by atomic mass is 9.76. The van der Waals surface area contributed by atoms with E-state index in [9.17, 15) is 14.8 Å². The number of hydrogen-bond donors (Lipinski definition) is 1. The largest absolute Gasteiger partial charge is 0.468 e. The van der Waals surface area contributed by atoms with Crippen molar-refractivity contribution in [3.05, 3.63) is 52.2 Å². The van der Waals surface area contributed by atoms with Crippen LogP contribution in [0.3, 0.4) is 0 Å². The van der Waals surface area contributed by atoms with E-state index in [4.69, 9.17) is 9.47 Å². The van der Waals surface area contributed by atoms with Crippen LogP contribution in [0, 0.1) is 0 Å². The van der Waals surface area contributed by atoms with Gasteiger partial charge < -0.3 is 9.47 Å². The van der Waals surface area contributed by atoms with Crippen LogP contribution < -0.4 is 5.06 Å². The van der Waals surface area contributed by atoms with Crippen molar-refractivity contribution in [1.29, 1.82) is 0 Å². The Morgan fingerprint density at radius 2 is 1.78 bits per heavy atom. The fourth-order valence-corrected chi connectivity index (χ4v) is 3.98. The summed E-state index contributed by atoms with van der Waals surface area (Å²) >= 11 is 1.34. The standard InChI is InChI=1S/C16H15NO5S/c1-21-14(18)16(15(19)22-2)10-6-3-4-7-11(10)17(20)13(16)12-8-5-9-23-12/h3-9,13,20H,1-2H3. The summed E-state index contributed by atoms with van der Waals surface area (Å²) in [5.74, 6) is -1.54. The second-order valence-electron chi connectivity index (χ2n) is 5.07. The summed E-state index contributed by atoms with van der Waals surface area (Å²) in [5, 5.41) is 13.4. The lowest BCUT2D eigenvalue weighted by Gasteiger charge is -2.31. The number of thiophene rings is 1. The van der Waals surface area contributed by atoms with Gasteiger partial charge in [-0.25, -0.2) is 5.06 Å². The first-order chi connectivity index (χ1) is 11.1. The smallest absolute Gasteiger partial charge is 0.330 e. The van der Waals surface area contributed by atoms with Crippen LogP contribution in [0.4, 0.5) is 5.69 Å². The van der Waals surface area contributed by atoms with Gasteiger partial charge in [-0.1, -0.05) is 24.3 Å². The van der Waals surface area contributed by atoms with Crippen LogP contribution in [0.5, 0.6) is 0 Å². The van der Waals surface area contributed by atoms with Crippen LogP contribution in [-0.4, -0.2) is 31.4 Å². The van der Waals surface area contributed by atoms with Crippen LogP contribution in [0.25, 0.3) is 0 Å². The van der Waals surface area contributed by atoms with Gasteiger partial charge in [-0.15, -0.1) is 11.3 Å². The summed E-state index contributed by atoms with van der Waals surface area (Å²) in [7, 11) is 2.42. The zero-order chi connectivity index (χ0) is 16.6. The van der Waals surface area contributed by atoms with Crippen molar-refractivity contribution >= 4 is 29.0 Å². The number of esters is 2. The molecule has 6 nitrogen and oxygen atoms in total. The van der Waals surface area contributed by atoms with Crippen molar-refractivity contribution in [2.45, 2.75) is 11.5 Å². The first kappa shape index (κ1) is 15.5. The average molecular weight is 333 g/mol. The Labute approximate surface area is 136 Å². The highest BCUT2D eigenvalue weighted by molar-refractivity contribution is 7.10. The van der Waals surface area contributed by atoms with E-state index in [2.05, 4.69) is 0 Å². The van der Waals surface area contributed by atoms with E-state index in [1.54, 1.807) is 36.4 Å². The highest BCUT2D eigenvalue weighted by atomic mass is 32.1. The first-order valence-corrected chi connectivity index (χ1v) is 7.74. The Morgan fingerprint density at radius 3 is 2.35 bits per heavy atom. The summed E-state index contributed by atoms with van der Waals surface area (Å²) in [4.78, 5) is 26.0. The highest BCUT2D eigenvalue weighted by Gasteiger charge is 2.64. The van der Waals surface area contributed by atoms with E-state index in [0.717, 1.165) is 5.06 Å². The molecule has 0 saturated heterocycles. The van der Waals surface area contributed by atoms with Gasteiger partial charge in [-0.05, 0) is 17.5 Å². The monoisotopic (exact) mass is 333 g/mol. The van der Waals surface area contributed by atoms with Gasteiger partial charge >= 0.3 is 11.9 Å². The third kappa shape index (κ3) is 1.97. The molecule has 23 heavy (non-hydrogen) atoms. The zero-order valence-electron chi connectivity index (χ0n) is 12.6. The van der Waals surface area contributed by atoms with Crippen molar-refractivity contribution in [2.75, 3.05) is 19.3 Å². The Bertz CT molecular complexity index is 727. The highest BCUT2D eigenvalue weighted by Crippen LogP contribution is 2.54. The molecule has 7 heteroatoms. The summed E-state index contributed by atoms with van der Waals surface area (Å²) < 4.78 is 9.84. The maximum Gasteiger partial charge on any atom is 0.330 e. The molecule has 2 aromatic rings. The normalized spacial score (nSPS) is 18.4. The second kappa shape index (κ2) is 5.68. The number of carbonyl (C=O) groups is 2. The second-order valence-corrected chi connectivity index (χ2v) is 6.05. The van der Waals surface area contributed by atoms with Gasteiger partial charge in [-0.2, -0.15) is 0 Å². The molecule has 0 spiro atoms. The van der Waals surface area contributed by atoms with Gasteiger partial charge in [0.25, 0.3) is 0 Å². The lowest BCUT2D eigenvalue weighted by Crippen LogP contribution is -2.50. The van der Waals surface area contributed by atoms with Crippen LogP contribution in [0.15, 0.2) is 41.8 Å². The maximum absolute atomic E-state index is 12.7. The minimum atomic E-state index is -1.78. The van der Waals surface area contributed by atoms with Crippen molar-refractivity contribution in [1.82, 2.24) is 0 Å². The molecule has 0 bridgehead atoms. The van der Waals surface area contributed by atoms with Crippen molar-refractivity contribution < 1.29 is 24.3 Å². The third-order valence-electron chi connectivity index (χ3n) is 4.06. The number of benzene rings is 1. The van der Waals surface area contributed by atoms with Gasteiger partial charge in [0.2, 0.25) is 5.41 Å². The minimum absolute atomic E-state index is 0.361. The van der Waals surface area contributed by atoms with Crippen LogP contribution in [-0.2, 0) is 24.5 Å².